The van der Waals surface area contributed by atoms with E-state index in [2.05, 4.69) is 5.32 Å². The summed E-state index contributed by atoms with van der Waals surface area (Å²) in [5.41, 5.74) is 1.21. The van der Waals surface area contributed by atoms with Gasteiger partial charge in [0.05, 0.1) is 12.2 Å². The van der Waals surface area contributed by atoms with Crippen LogP contribution < -0.4 is 5.32 Å². The first-order valence-electron chi connectivity index (χ1n) is 8.96. The van der Waals surface area contributed by atoms with E-state index < -0.39 is 11.4 Å². The van der Waals surface area contributed by atoms with E-state index in [1.165, 1.54) is 12.1 Å². The molecule has 0 unspecified atom stereocenters. The molecule has 1 fully saturated rings. The summed E-state index contributed by atoms with van der Waals surface area (Å²) in [6, 6.07) is 11.8. The van der Waals surface area contributed by atoms with Crippen LogP contribution in [0.25, 0.3) is 0 Å². The van der Waals surface area contributed by atoms with E-state index >= 15 is 0 Å². The minimum Gasteiger partial charge on any atom is -0.365 e. The van der Waals surface area contributed by atoms with Gasteiger partial charge in [0.25, 0.3) is 0 Å². The van der Waals surface area contributed by atoms with E-state index in [0.29, 0.717) is 34.9 Å². The summed E-state index contributed by atoms with van der Waals surface area (Å²) in [6.45, 7) is 3.83. The molecule has 1 saturated heterocycles. The summed E-state index contributed by atoms with van der Waals surface area (Å²) in [7, 11) is 0. The van der Waals surface area contributed by atoms with Crippen molar-refractivity contribution in [1.29, 1.82) is 0 Å². The number of nitrogens with one attached hydrogen (secondary N) is 1. The highest BCUT2D eigenvalue weighted by Crippen LogP contribution is 2.45. The minimum atomic E-state index is -0.474. The first kappa shape index (κ1) is 20.1. The molecule has 6 heteroatoms. The minimum absolute atomic E-state index is 0.0155. The van der Waals surface area contributed by atoms with Gasteiger partial charge in [-0.05, 0) is 42.3 Å². The van der Waals surface area contributed by atoms with Crippen LogP contribution in [0, 0.1) is 5.82 Å². The predicted molar refractivity (Wildman–Crippen MR) is 106 cm³/mol. The molecule has 0 saturated carbocycles. The normalized spacial score (nSPS) is 25.2. The van der Waals surface area contributed by atoms with Crippen LogP contribution in [0.5, 0.6) is 0 Å². The smallest absolute Gasteiger partial charge is 0.220 e. The summed E-state index contributed by atoms with van der Waals surface area (Å²) in [6.07, 6.45) is 0.965. The van der Waals surface area contributed by atoms with Gasteiger partial charge in [0, 0.05) is 34.8 Å². The third kappa shape index (κ3) is 4.81. The lowest BCUT2D eigenvalue weighted by Gasteiger charge is -2.43. The zero-order valence-corrected chi connectivity index (χ0v) is 16.8. The first-order valence-corrected chi connectivity index (χ1v) is 9.72. The fraction of sp³-hybridized carbons (Fsp3) is 0.381. The first-order chi connectivity index (χ1) is 12.8. The van der Waals surface area contributed by atoms with Gasteiger partial charge in [-0.2, -0.15) is 0 Å². The van der Waals surface area contributed by atoms with Gasteiger partial charge in [0.2, 0.25) is 5.91 Å². The molecule has 0 aromatic heterocycles. The number of rotatable bonds is 4. The molecule has 2 aromatic rings. The van der Waals surface area contributed by atoms with Crippen LogP contribution in [0.2, 0.25) is 10.0 Å². The van der Waals surface area contributed by atoms with E-state index in [9.17, 15) is 9.18 Å². The zero-order chi connectivity index (χ0) is 19.6. The van der Waals surface area contributed by atoms with Gasteiger partial charge in [-0.15, -0.1) is 0 Å². The quantitative estimate of drug-likeness (QED) is 0.671. The van der Waals surface area contributed by atoms with Crippen LogP contribution in [0.3, 0.4) is 0 Å². The summed E-state index contributed by atoms with van der Waals surface area (Å²) in [5, 5.41) is 4.09. The highest BCUT2D eigenvalue weighted by atomic mass is 35.5. The molecular weight excluding hydrogens is 388 g/mol. The standard InChI is InChI=1S/C21H22Cl2FNO2/c1-3-20(26)25-21(2)11-18(13-4-6-14(22)7-5-13)27-19(12-21)16-9-8-15(24)10-17(16)23/h4-10,18-19H,3,11-12H2,1-2H3,(H,25,26)/t18-,19+,21-/m0/s1. The van der Waals surface area contributed by atoms with Crippen molar-refractivity contribution >= 4 is 29.1 Å². The van der Waals surface area contributed by atoms with Crippen molar-refractivity contribution in [3.63, 3.8) is 0 Å². The van der Waals surface area contributed by atoms with E-state index in [1.54, 1.807) is 6.07 Å². The molecule has 3 nitrogen and oxygen atoms in total. The Morgan fingerprint density at radius 3 is 2.48 bits per heavy atom. The van der Waals surface area contributed by atoms with Crippen molar-refractivity contribution < 1.29 is 13.9 Å². The van der Waals surface area contributed by atoms with Gasteiger partial charge >= 0.3 is 0 Å². The largest absolute Gasteiger partial charge is 0.365 e. The van der Waals surface area contributed by atoms with Crippen LogP contribution in [-0.2, 0) is 9.53 Å². The Bertz CT molecular complexity index is 827. The highest BCUT2D eigenvalue weighted by Gasteiger charge is 2.40. The number of amides is 1. The van der Waals surface area contributed by atoms with E-state index in [1.807, 2.05) is 38.1 Å². The van der Waals surface area contributed by atoms with Gasteiger partial charge in [0.1, 0.15) is 5.82 Å². The molecule has 144 valence electrons. The molecule has 1 aliphatic rings. The van der Waals surface area contributed by atoms with Gasteiger partial charge in [-0.25, -0.2) is 4.39 Å². The molecular formula is C21H22Cl2FNO2. The zero-order valence-electron chi connectivity index (χ0n) is 15.3. The van der Waals surface area contributed by atoms with Crippen molar-refractivity contribution in [2.45, 2.75) is 50.9 Å². The molecule has 2 aromatic carbocycles. The highest BCUT2D eigenvalue weighted by molar-refractivity contribution is 6.31. The van der Waals surface area contributed by atoms with Gasteiger partial charge < -0.3 is 10.1 Å². The fourth-order valence-corrected chi connectivity index (χ4v) is 3.96. The Kier molecular flexibility index (Phi) is 6.09. The number of carbonyl (C=O) groups is 1. The van der Waals surface area contributed by atoms with Crippen LogP contribution in [0.4, 0.5) is 4.39 Å². The van der Waals surface area contributed by atoms with Crippen LogP contribution in [-0.4, -0.2) is 11.4 Å². The van der Waals surface area contributed by atoms with Crippen LogP contribution in [0.15, 0.2) is 42.5 Å². The average molecular weight is 410 g/mol. The number of carbonyl (C=O) groups excluding carboxylic acids is 1. The lowest BCUT2D eigenvalue weighted by atomic mass is 9.81. The molecule has 3 atom stereocenters. The summed E-state index contributed by atoms with van der Waals surface area (Å²) in [4.78, 5) is 12.1. The topological polar surface area (TPSA) is 38.3 Å². The second kappa shape index (κ2) is 8.17. The Morgan fingerprint density at radius 2 is 1.85 bits per heavy atom. The summed E-state index contributed by atoms with van der Waals surface area (Å²) >= 11 is 12.3. The van der Waals surface area contributed by atoms with Crippen molar-refractivity contribution in [3.05, 3.63) is 69.5 Å². The third-order valence-electron chi connectivity index (χ3n) is 4.91. The molecule has 1 N–H and O–H groups in total. The van der Waals surface area contributed by atoms with Crippen LogP contribution in [0.1, 0.15) is 56.4 Å². The lowest BCUT2D eigenvalue weighted by molar-refractivity contribution is -0.128. The van der Waals surface area contributed by atoms with E-state index in [0.717, 1.165) is 5.56 Å². The molecule has 1 aliphatic heterocycles. The number of benzene rings is 2. The molecule has 27 heavy (non-hydrogen) atoms. The molecule has 0 bridgehead atoms. The number of halogens is 3. The van der Waals surface area contributed by atoms with E-state index in [4.69, 9.17) is 27.9 Å². The summed E-state index contributed by atoms with van der Waals surface area (Å²) < 4.78 is 19.8. The molecule has 0 radical (unpaired) electrons. The Hall–Kier alpha value is -1.62. The monoisotopic (exact) mass is 409 g/mol. The Balaban J connectivity index is 1.95. The van der Waals surface area contributed by atoms with Crippen molar-refractivity contribution in [3.8, 4) is 0 Å². The maximum atomic E-state index is 13.5. The fourth-order valence-electron chi connectivity index (χ4n) is 3.54. The SMILES string of the molecule is CCC(=O)N[C@@]1(C)C[C@@H](c2ccc(Cl)cc2)O[C@@H](c2ccc(F)cc2Cl)C1. The second-order valence-electron chi connectivity index (χ2n) is 7.20. The van der Waals surface area contributed by atoms with E-state index in [-0.39, 0.29) is 18.1 Å². The molecule has 1 heterocycles. The second-order valence-corrected chi connectivity index (χ2v) is 8.05. The maximum absolute atomic E-state index is 13.5. The van der Waals surface area contributed by atoms with Crippen molar-refractivity contribution in [2.24, 2.45) is 0 Å². The molecule has 0 spiro atoms. The van der Waals surface area contributed by atoms with Crippen molar-refractivity contribution in [2.75, 3.05) is 0 Å². The van der Waals surface area contributed by atoms with Gasteiger partial charge in [0.15, 0.2) is 0 Å². The van der Waals surface area contributed by atoms with Crippen molar-refractivity contribution in [1.82, 2.24) is 5.32 Å². The predicted octanol–water partition coefficient (Wildman–Crippen LogP) is 6.01. The molecule has 1 amide bonds. The molecule has 0 aliphatic carbocycles. The Labute approximate surface area is 168 Å². The number of hydrogen-bond donors (Lipinski definition) is 1. The lowest BCUT2D eigenvalue weighted by Crippen LogP contribution is -2.50. The summed E-state index contributed by atoms with van der Waals surface area (Å²) in [5.74, 6) is -0.408. The van der Waals surface area contributed by atoms with Crippen LogP contribution >= 0.6 is 23.2 Å². The number of hydrogen-bond acceptors (Lipinski definition) is 2. The third-order valence-corrected chi connectivity index (χ3v) is 5.49. The van der Waals surface area contributed by atoms with Gasteiger partial charge in [-0.3, -0.25) is 4.79 Å². The van der Waals surface area contributed by atoms with Gasteiger partial charge in [-0.1, -0.05) is 48.3 Å². The Morgan fingerprint density at radius 1 is 1.19 bits per heavy atom. The maximum Gasteiger partial charge on any atom is 0.220 e. The average Bonchev–Trinajstić information content (AvgIpc) is 2.61. The molecule has 3 rings (SSSR count). The number of ether oxygens (including phenoxy) is 1.